The van der Waals surface area contributed by atoms with Crippen LogP contribution in [0.25, 0.3) is 5.76 Å². The average molecular weight is 500 g/mol. The average Bonchev–Trinajstić information content (AvgIpc) is 2.68. The minimum Gasteiger partial charge on any atom is -0.508 e. The fourth-order valence-electron chi connectivity index (χ4n) is 5.28. The Labute approximate surface area is 199 Å². The predicted octanol–water partition coefficient (Wildman–Crippen LogP) is 0.621. The van der Waals surface area contributed by atoms with Crippen molar-refractivity contribution >= 4 is 52.9 Å². The SMILES string of the molecule is CN(C)C1C(=O)C(C(N)=O)=C(O)C2(O)C(=O)C3=C(O)c4c(cc(Cl)c(N)c4O)CC3CC12.Cl. The van der Waals surface area contributed by atoms with Crippen LogP contribution in [-0.2, 0) is 20.8 Å². The van der Waals surface area contributed by atoms with Crippen LogP contribution in [0.2, 0.25) is 5.02 Å². The number of hydrogen-bond donors (Lipinski definition) is 6. The Kier molecular flexibility index (Phi) is 5.96. The smallest absolute Gasteiger partial charge is 0.255 e. The molecule has 3 aliphatic carbocycles. The molecule has 3 aliphatic rings. The fraction of sp³-hybridized carbons (Fsp3) is 0.381. The van der Waals surface area contributed by atoms with Crippen molar-refractivity contribution in [1.29, 1.82) is 0 Å². The van der Waals surface area contributed by atoms with Gasteiger partial charge in [0.25, 0.3) is 5.91 Å². The zero-order chi connectivity index (χ0) is 23.9. The number of likely N-dealkylation sites (N-methyl/N-ethyl adjacent to an activating group) is 1. The standard InChI is InChI=1S/C21H22ClN3O7.ClH/c1-25(2)14-8-4-6-3-7-5-9(22)13(23)16(27)10(7)15(26)11(6)18(29)21(8,32)19(30)12(17(14)28)20(24)31;/h5-6,8,14,26-27,30,32H,3-4,23H2,1-2H3,(H2,24,31);1H. The van der Waals surface area contributed by atoms with Crippen LogP contribution in [0.5, 0.6) is 5.75 Å². The number of amides is 1. The summed E-state index contributed by atoms with van der Waals surface area (Å²) in [5, 5.41) is 43.6. The third-order valence-corrected chi connectivity index (χ3v) is 7.01. The van der Waals surface area contributed by atoms with Crippen molar-refractivity contribution in [2.45, 2.75) is 24.5 Å². The van der Waals surface area contributed by atoms with Crippen LogP contribution in [0.1, 0.15) is 17.5 Å². The number of aliphatic hydroxyl groups is 3. The van der Waals surface area contributed by atoms with E-state index in [1.807, 2.05) is 0 Å². The lowest BCUT2D eigenvalue weighted by atomic mass is 9.57. The summed E-state index contributed by atoms with van der Waals surface area (Å²) in [5.41, 5.74) is 7.41. The van der Waals surface area contributed by atoms with E-state index in [-0.39, 0.29) is 47.1 Å². The van der Waals surface area contributed by atoms with Gasteiger partial charge in [-0.05, 0) is 44.5 Å². The number of phenolic OH excluding ortho intramolecular Hbond substituents is 1. The molecule has 12 heteroatoms. The normalized spacial score (nSPS) is 28.8. The zero-order valence-electron chi connectivity index (χ0n) is 17.6. The maximum absolute atomic E-state index is 13.6. The molecule has 1 amide bonds. The highest BCUT2D eigenvalue weighted by Crippen LogP contribution is 2.53. The van der Waals surface area contributed by atoms with Gasteiger partial charge in [0.2, 0.25) is 5.78 Å². The maximum Gasteiger partial charge on any atom is 0.255 e. The number of nitrogens with zero attached hydrogens (tertiary/aromatic N) is 1. The molecule has 0 saturated heterocycles. The number of phenols is 1. The van der Waals surface area contributed by atoms with Gasteiger partial charge in [0, 0.05) is 11.5 Å². The van der Waals surface area contributed by atoms with E-state index < -0.39 is 63.8 Å². The molecular formula is C21H23Cl2N3O7. The van der Waals surface area contributed by atoms with Crippen molar-refractivity contribution in [3.05, 3.63) is 39.1 Å². The van der Waals surface area contributed by atoms with Crippen molar-refractivity contribution in [2.24, 2.45) is 17.6 Å². The molecule has 0 aromatic heterocycles. The van der Waals surface area contributed by atoms with Gasteiger partial charge in [-0.1, -0.05) is 11.6 Å². The lowest BCUT2D eigenvalue weighted by Crippen LogP contribution is -2.65. The molecule has 0 heterocycles. The van der Waals surface area contributed by atoms with Gasteiger partial charge in [-0.25, -0.2) is 0 Å². The van der Waals surface area contributed by atoms with Gasteiger partial charge in [-0.15, -0.1) is 12.4 Å². The highest BCUT2D eigenvalue weighted by molar-refractivity contribution is 6.33. The molecule has 0 spiro atoms. The van der Waals surface area contributed by atoms with Crippen LogP contribution >= 0.6 is 24.0 Å². The predicted molar refractivity (Wildman–Crippen MR) is 121 cm³/mol. The summed E-state index contributed by atoms with van der Waals surface area (Å²) < 4.78 is 0. The van der Waals surface area contributed by atoms with Gasteiger partial charge in [-0.2, -0.15) is 0 Å². The molecule has 178 valence electrons. The second-order valence-corrected chi connectivity index (χ2v) is 9.02. The second-order valence-electron chi connectivity index (χ2n) is 8.62. The van der Waals surface area contributed by atoms with Gasteiger partial charge in [0.15, 0.2) is 17.1 Å². The van der Waals surface area contributed by atoms with Crippen LogP contribution in [0, 0.1) is 11.8 Å². The highest BCUT2D eigenvalue weighted by atomic mass is 35.5. The van der Waals surface area contributed by atoms with E-state index in [0.29, 0.717) is 5.56 Å². The van der Waals surface area contributed by atoms with Crippen LogP contribution in [0.4, 0.5) is 5.69 Å². The summed E-state index contributed by atoms with van der Waals surface area (Å²) in [7, 11) is 3.07. The number of halogens is 2. The first-order chi connectivity index (χ1) is 14.8. The number of fused-ring (bicyclic) bond motifs is 3. The first-order valence-electron chi connectivity index (χ1n) is 9.78. The van der Waals surface area contributed by atoms with Gasteiger partial charge in [0.05, 0.1) is 22.3 Å². The number of anilines is 1. The summed E-state index contributed by atoms with van der Waals surface area (Å²) in [5.74, 6) is -7.20. The molecule has 33 heavy (non-hydrogen) atoms. The Morgan fingerprint density at radius 3 is 2.39 bits per heavy atom. The molecule has 4 unspecified atom stereocenters. The number of carbonyl (C=O) groups excluding carboxylic acids is 3. The van der Waals surface area contributed by atoms with Gasteiger partial charge >= 0.3 is 0 Å². The molecular weight excluding hydrogens is 477 g/mol. The number of rotatable bonds is 2. The van der Waals surface area contributed by atoms with Crippen molar-refractivity contribution in [2.75, 3.05) is 19.8 Å². The van der Waals surface area contributed by atoms with E-state index >= 15 is 0 Å². The molecule has 10 nitrogen and oxygen atoms in total. The number of carbonyl (C=O) groups is 3. The number of aromatic hydroxyl groups is 1. The van der Waals surface area contributed by atoms with Crippen molar-refractivity contribution < 1.29 is 34.8 Å². The Morgan fingerprint density at radius 2 is 1.85 bits per heavy atom. The van der Waals surface area contributed by atoms with Crippen molar-refractivity contribution in [3.63, 3.8) is 0 Å². The van der Waals surface area contributed by atoms with E-state index in [4.69, 9.17) is 23.1 Å². The molecule has 1 fully saturated rings. The lowest BCUT2D eigenvalue weighted by Gasteiger charge is -2.50. The molecule has 0 aliphatic heterocycles. The van der Waals surface area contributed by atoms with E-state index in [2.05, 4.69) is 0 Å². The molecule has 1 saturated carbocycles. The minimum absolute atomic E-state index is 0. The highest BCUT2D eigenvalue weighted by Gasteiger charge is 2.64. The molecule has 1 aromatic rings. The Bertz CT molecular complexity index is 1180. The number of Topliss-reactive ketones (excluding diaryl/α,β-unsaturated/α-hetero) is 2. The summed E-state index contributed by atoms with van der Waals surface area (Å²) >= 11 is 6.06. The number of nitrogen functional groups attached to an aromatic ring is 1. The number of benzene rings is 1. The number of aliphatic hydroxyl groups excluding tert-OH is 2. The molecule has 1 aromatic carbocycles. The third kappa shape index (κ3) is 3.12. The summed E-state index contributed by atoms with van der Waals surface area (Å²) in [4.78, 5) is 39.9. The first kappa shape index (κ1) is 24.8. The van der Waals surface area contributed by atoms with Crippen LogP contribution < -0.4 is 11.5 Å². The monoisotopic (exact) mass is 499 g/mol. The number of primary amides is 1. The van der Waals surface area contributed by atoms with Crippen molar-refractivity contribution in [1.82, 2.24) is 4.90 Å². The van der Waals surface area contributed by atoms with E-state index in [9.17, 15) is 34.8 Å². The number of ketones is 2. The lowest BCUT2D eigenvalue weighted by molar-refractivity contribution is -0.153. The minimum atomic E-state index is -2.67. The summed E-state index contributed by atoms with van der Waals surface area (Å²) in [6.07, 6.45) is 0.163. The van der Waals surface area contributed by atoms with E-state index in [1.54, 1.807) is 0 Å². The Morgan fingerprint density at radius 1 is 1.24 bits per heavy atom. The summed E-state index contributed by atoms with van der Waals surface area (Å²) in [6.45, 7) is 0. The third-order valence-electron chi connectivity index (χ3n) is 6.70. The van der Waals surface area contributed by atoms with E-state index in [1.165, 1.54) is 25.1 Å². The molecule has 4 atom stereocenters. The first-order valence-corrected chi connectivity index (χ1v) is 10.2. The zero-order valence-corrected chi connectivity index (χ0v) is 19.2. The van der Waals surface area contributed by atoms with Gasteiger partial charge < -0.3 is 31.9 Å². The Hall–Kier alpha value is -2.79. The van der Waals surface area contributed by atoms with Gasteiger partial charge in [-0.3, -0.25) is 19.3 Å². The molecule has 0 radical (unpaired) electrons. The largest absolute Gasteiger partial charge is 0.508 e. The summed E-state index contributed by atoms with van der Waals surface area (Å²) in [6, 6.07) is 0.346. The van der Waals surface area contributed by atoms with Gasteiger partial charge in [0.1, 0.15) is 17.1 Å². The quantitative estimate of drug-likeness (QED) is 0.192. The second kappa shape index (κ2) is 7.91. The number of nitrogens with two attached hydrogens (primary N) is 2. The molecule has 8 N–H and O–H groups in total. The maximum atomic E-state index is 13.6. The molecule has 4 rings (SSSR count). The van der Waals surface area contributed by atoms with Crippen LogP contribution in [0.3, 0.4) is 0 Å². The van der Waals surface area contributed by atoms with Crippen LogP contribution in [0.15, 0.2) is 23.0 Å². The van der Waals surface area contributed by atoms with E-state index in [0.717, 1.165) is 0 Å². The molecule has 0 bridgehead atoms. The van der Waals surface area contributed by atoms with Crippen molar-refractivity contribution in [3.8, 4) is 5.75 Å². The number of hydrogen-bond acceptors (Lipinski definition) is 9. The van der Waals surface area contributed by atoms with Crippen LogP contribution in [-0.4, -0.2) is 68.5 Å². The Balaban J connectivity index is 0.00000306. The fourth-order valence-corrected chi connectivity index (χ4v) is 5.50. The topological polar surface area (TPSA) is 187 Å².